The van der Waals surface area contributed by atoms with Crippen LogP contribution >= 0.6 is 12.4 Å². The number of morpholine rings is 1. The van der Waals surface area contributed by atoms with Crippen LogP contribution in [0.1, 0.15) is 20.3 Å². The smallest absolute Gasteiger partial charge is 0.341 e. The van der Waals surface area contributed by atoms with Gasteiger partial charge in [-0.15, -0.1) is 12.4 Å². The number of hydrogen-bond acceptors (Lipinski definition) is 4. The van der Waals surface area contributed by atoms with Crippen LogP contribution in [0.2, 0.25) is 0 Å². The van der Waals surface area contributed by atoms with Gasteiger partial charge in [0.2, 0.25) is 5.76 Å². The van der Waals surface area contributed by atoms with Crippen LogP contribution in [-0.2, 0) is 14.2 Å². The van der Waals surface area contributed by atoms with Crippen molar-refractivity contribution >= 4 is 18.1 Å². The summed E-state index contributed by atoms with van der Waals surface area (Å²) in [7, 11) is 0. The minimum absolute atomic E-state index is 0. The van der Waals surface area contributed by atoms with Crippen LogP contribution in [0.25, 0.3) is 5.53 Å². The zero-order valence-corrected chi connectivity index (χ0v) is 13.3. The fourth-order valence-corrected chi connectivity index (χ4v) is 2.35. The molecule has 0 unspecified atom stereocenters. The molecule has 21 heavy (non-hydrogen) atoms. The molecule has 2 aliphatic rings. The van der Waals surface area contributed by atoms with Gasteiger partial charge in [-0.05, 0) is 13.8 Å². The van der Waals surface area contributed by atoms with E-state index in [-0.39, 0.29) is 12.4 Å². The summed E-state index contributed by atoms with van der Waals surface area (Å²) in [6.07, 6.45) is 2.35. The number of ether oxygens (including phenoxy) is 3. The Kier molecular flexibility index (Phi) is 7.29. The average molecular weight is 316 g/mol. The summed E-state index contributed by atoms with van der Waals surface area (Å²) in [6.45, 7) is 8.04. The average Bonchev–Trinajstić information content (AvgIpc) is 2.49. The summed E-state index contributed by atoms with van der Waals surface area (Å²) < 4.78 is 16.7. The Morgan fingerprint density at radius 1 is 1.24 bits per heavy atom. The summed E-state index contributed by atoms with van der Waals surface area (Å²) in [5, 5.41) is 0. The SMILES string of the molecule is CCOC1=CC(N2CCOCC2)=C(OCC)CC1=[N+]=[N-].Cl. The van der Waals surface area contributed by atoms with Crippen molar-refractivity contribution < 1.29 is 19.0 Å². The Labute approximate surface area is 131 Å². The molecule has 0 atom stereocenters. The Bertz CT molecular complexity index is 464. The van der Waals surface area contributed by atoms with Gasteiger partial charge in [0.05, 0.1) is 32.1 Å². The van der Waals surface area contributed by atoms with Crippen molar-refractivity contribution in [1.82, 2.24) is 4.90 Å². The van der Waals surface area contributed by atoms with Gasteiger partial charge in [-0.3, -0.25) is 0 Å². The van der Waals surface area contributed by atoms with Gasteiger partial charge in [-0.25, -0.2) is 0 Å². The van der Waals surface area contributed by atoms with Gasteiger partial charge in [-0.1, -0.05) is 0 Å². The zero-order valence-electron chi connectivity index (χ0n) is 12.5. The predicted molar refractivity (Wildman–Crippen MR) is 81.2 cm³/mol. The highest BCUT2D eigenvalue weighted by Crippen LogP contribution is 2.26. The summed E-state index contributed by atoms with van der Waals surface area (Å²) >= 11 is 0. The lowest BCUT2D eigenvalue weighted by Crippen LogP contribution is -2.37. The summed E-state index contributed by atoms with van der Waals surface area (Å²) in [4.78, 5) is 5.55. The Hall–Kier alpha value is -1.49. The second kappa shape index (κ2) is 8.72. The van der Waals surface area contributed by atoms with Crippen molar-refractivity contribution in [3.63, 3.8) is 0 Å². The van der Waals surface area contributed by atoms with Crippen molar-refractivity contribution in [2.24, 2.45) is 0 Å². The fraction of sp³-hybridized carbons (Fsp3) is 0.643. The highest BCUT2D eigenvalue weighted by Gasteiger charge is 2.30. The number of hydrogen-bond donors (Lipinski definition) is 0. The highest BCUT2D eigenvalue weighted by molar-refractivity contribution is 5.97. The van der Waals surface area contributed by atoms with Gasteiger partial charge in [0.25, 0.3) is 0 Å². The molecule has 1 saturated heterocycles. The van der Waals surface area contributed by atoms with Crippen LogP contribution in [0.3, 0.4) is 0 Å². The van der Waals surface area contributed by atoms with Crippen molar-refractivity contribution in [2.45, 2.75) is 20.3 Å². The minimum Gasteiger partial charge on any atom is -0.495 e. The molecule has 0 aromatic rings. The van der Waals surface area contributed by atoms with Crippen LogP contribution in [0, 0.1) is 0 Å². The van der Waals surface area contributed by atoms with E-state index in [1.54, 1.807) is 0 Å². The fourth-order valence-electron chi connectivity index (χ4n) is 2.35. The van der Waals surface area contributed by atoms with Gasteiger partial charge in [-0.2, -0.15) is 4.79 Å². The predicted octanol–water partition coefficient (Wildman–Crippen LogP) is 1.98. The number of nitrogens with zero attached hydrogens (tertiary/aromatic N) is 3. The molecule has 6 nitrogen and oxygen atoms in total. The number of halogens is 1. The molecule has 118 valence electrons. The quantitative estimate of drug-likeness (QED) is 0.575. The molecule has 0 bridgehead atoms. The molecule has 1 aliphatic heterocycles. The van der Waals surface area contributed by atoms with Crippen molar-refractivity contribution in [3.8, 4) is 0 Å². The second-order valence-corrected chi connectivity index (χ2v) is 4.51. The van der Waals surface area contributed by atoms with E-state index in [4.69, 9.17) is 19.7 Å². The Morgan fingerprint density at radius 3 is 2.48 bits per heavy atom. The second-order valence-electron chi connectivity index (χ2n) is 4.51. The third-order valence-electron chi connectivity index (χ3n) is 3.26. The molecule has 2 rings (SSSR count). The number of allylic oxidation sites excluding steroid dienone is 3. The molecule has 1 heterocycles. The van der Waals surface area contributed by atoms with E-state index in [9.17, 15) is 0 Å². The van der Waals surface area contributed by atoms with Crippen molar-refractivity contribution in [2.75, 3.05) is 39.5 Å². The Morgan fingerprint density at radius 2 is 1.90 bits per heavy atom. The summed E-state index contributed by atoms with van der Waals surface area (Å²) in [6, 6.07) is 0. The first kappa shape index (κ1) is 17.6. The third kappa shape index (κ3) is 4.24. The van der Waals surface area contributed by atoms with Gasteiger partial charge >= 0.3 is 5.71 Å². The molecular formula is C14H22ClN3O3. The normalized spacial score (nSPS) is 18.7. The largest absolute Gasteiger partial charge is 0.495 e. The highest BCUT2D eigenvalue weighted by atomic mass is 35.5. The van der Waals surface area contributed by atoms with Crippen molar-refractivity contribution in [1.29, 1.82) is 0 Å². The van der Waals surface area contributed by atoms with Gasteiger partial charge in [0, 0.05) is 19.2 Å². The van der Waals surface area contributed by atoms with E-state index < -0.39 is 0 Å². The zero-order chi connectivity index (χ0) is 14.4. The van der Waals surface area contributed by atoms with E-state index in [1.165, 1.54) is 0 Å². The molecule has 0 aromatic heterocycles. The monoisotopic (exact) mass is 315 g/mol. The lowest BCUT2D eigenvalue weighted by atomic mass is 10.0. The van der Waals surface area contributed by atoms with Gasteiger partial charge < -0.3 is 24.6 Å². The minimum atomic E-state index is 0. The first-order chi connectivity index (χ1) is 9.80. The van der Waals surface area contributed by atoms with E-state index in [0.29, 0.717) is 44.3 Å². The molecular weight excluding hydrogens is 294 g/mol. The van der Waals surface area contributed by atoms with Crippen molar-refractivity contribution in [3.05, 3.63) is 28.8 Å². The molecule has 1 fully saturated rings. The van der Waals surface area contributed by atoms with E-state index >= 15 is 0 Å². The molecule has 0 saturated carbocycles. The van der Waals surface area contributed by atoms with E-state index in [0.717, 1.165) is 24.5 Å². The summed E-state index contributed by atoms with van der Waals surface area (Å²) in [5.41, 5.74) is 10.6. The molecule has 7 heteroatoms. The first-order valence-corrected chi connectivity index (χ1v) is 7.04. The van der Waals surface area contributed by atoms with Gasteiger partial charge in [0.1, 0.15) is 12.2 Å². The lowest BCUT2D eigenvalue weighted by molar-refractivity contribution is -0.0140. The first-order valence-electron chi connectivity index (χ1n) is 7.04. The molecule has 0 amide bonds. The third-order valence-corrected chi connectivity index (χ3v) is 3.26. The van der Waals surface area contributed by atoms with Gasteiger partial charge in [0.15, 0.2) is 0 Å². The Balaban J connectivity index is 0.00000220. The maximum absolute atomic E-state index is 9.13. The molecule has 0 spiro atoms. The van der Waals surface area contributed by atoms with E-state index in [2.05, 4.69) is 9.69 Å². The van der Waals surface area contributed by atoms with Crippen LogP contribution in [0.15, 0.2) is 23.3 Å². The van der Waals surface area contributed by atoms with E-state index in [1.807, 2.05) is 19.9 Å². The van der Waals surface area contributed by atoms with Crippen LogP contribution in [0.5, 0.6) is 0 Å². The summed E-state index contributed by atoms with van der Waals surface area (Å²) in [5.74, 6) is 1.44. The maximum atomic E-state index is 9.13. The molecule has 0 radical (unpaired) electrons. The van der Waals surface area contributed by atoms with Crippen LogP contribution in [-0.4, -0.2) is 54.9 Å². The van der Waals surface area contributed by atoms with Crippen LogP contribution < -0.4 is 0 Å². The standard InChI is InChI=1S/C14H21N3O3.ClH/c1-3-19-13-10-12(17-5-7-18-8-6-17)14(20-4-2)9-11(13)16-15;/h10H,3-9H2,1-2H3;1H. The lowest BCUT2D eigenvalue weighted by Gasteiger charge is -2.32. The number of rotatable bonds is 5. The molecule has 0 N–H and O–H groups in total. The maximum Gasteiger partial charge on any atom is 0.341 e. The molecule has 1 aliphatic carbocycles. The topological polar surface area (TPSA) is 67.3 Å². The molecule has 0 aromatic carbocycles. The van der Waals surface area contributed by atoms with Crippen LogP contribution in [0.4, 0.5) is 0 Å².